The first-order valence-corrected chi connectivity index (χ1v) is 7.08. The molecule has 100 valence electrons. The average molecular weight is 240 g/mol. The quantitative estimate of drug-likeness (QED) is 0.683. The van der Waals surface area contributed by atoms with E-state index < -0.39 is 0 Å². The van der Waals surface area contributed by atoms with Gasteiger partial charge in [0, 0.05) is 6.04 Å². The molecule has 3 nitrogen and oxygen atoms in total. The SMILES string of the molecule is CCCNC(C(=O)NC(C)CC1CC1)C(C)C. The number of carbonyl (C=O) groups is 1. The average Bonchev–Trinajstić information content (AvgIpc) is 3.01. The number of hydrogen-bond donors (Lipinski definition) is 2. The second-order valence-electron chi connectivity index (χ2n) is 5.76. The highest BCUT2D eigenvalue weighted by molar-refractivity contribution is 5.82. The van der Waals surface area contributed by atoms with Crippen molar-refractivity contribution in [2.45, 2.75) is 65.5 Å². The molecule has 0 aromatic heterocycles. The normalized spacial score (nSPS) is 19.1. The van der Waals surface area contributed by atoms with Crippen LogP contribution in [0.25, 0.3) is 0 Å². The molecule has 1 rings (SSSR count). The fourth-order valence-corrected chi connectivity index (χ4v) is 2.18. The van der Waals surface area contributed by atoms with Crippen LogP contribution in [0, 0.1) is 11.8 Å². The molecular weight excluding hydrogens is 212 g/mol. The lowest BCUT2D eigenvalue weighted by atomic mass is 10.0. The molecule has 1 saturated carbocycles. The Morgan fingerprint density at radius 2 is 1.94 bits per heavy atom. The van der Waals surface area contributed by atoms with E-state index in [0.717, 1.165) is 25.3 Å². The first kappa shape index (κ1) is 14.5. The Morgan fingerprint density at radius 3 is 2.41 bits per heavy atom. The van der Waals surface area contributed by atoms with Crippen molar-refractivity contribution in [3.63, 3.8) is 0 Å². The summed E-state index contributed by atoms with van der Waals surface area (Å²) in [4.78, 5) is 12.1. The Labute approximate surface area is 106 Å². The van der Waals surface area contributed by atoms with Gasteiger partial charge >= 0.3 is 0 Å². The van der Waals surface area contributed by atoms with E-state index in [2.05, 4.69) is 38.3 Å². The monoisotopic (exact) mass is 240 g/mol. The second-order valence-corrected chi connectivity index (χ2v) is 5.76. The zero-order valence-electron chi connectivity index (χ0n) is 11.8. The van der Waals surface area contributed by atoms with Crippen molar-refractivity contribution in [2.75, 3.05) is 6.54 Å². The predicted molar refractivity (Wildman–Crippen MR) is 71.9 cm³/mol. The summed E-state index contributed by atoms with van der Waals surface area (Å²) in [5.41, 5.74) is 0. The first-order chi connectivity index (χ1) is 8.04. The summed E-state index contributed by atoms with van der Waals surface area (Å²) in [6.45, 7) is 9.34. The summed E-state index contributed by atoms with van der Waals surface area (Å²) in [5, 5.41) is 6.47. The number of carbonyl (C=O) groups excluding carboxylic acids is 1. The predicted octanol–water partition coefficient (Wildman–Crippen LogP) is 2.32. The molecular formula is C14H28N2O. The Hall–Kier alpha value is -0.570. The molecule has 2 atom stereocenters. The molecule has 0 bridgehead atoms. The Balaban J connectivity index is 2.34. The van der Waals surface area contributed by atoms with Gasteiger partial charge in [-0.2, -0.15) is 0 Å². The summed E-state index contributed by atoms with van der Waals surface area (Å²) in [5.74, 6) is 1.38. The second kappa shape index (κ2) is 7.00. The molecule has 2 N–H and O–H groups in total. The van der Waals surface area contributed by atoms with Crippen molar-refractivity contribution in [1.82, 2.24) is 10.6 Å². The van der Waals surface area contributed by atoms with Crippen LogP contribution >= 0.6 is 0 Å². The van der Waals surface area contributed by atoms with Crippen LogP contribution in [0.3, 0.4) is 0 Å². The molecule has 0 spiro atoms. The highest BCUT2D eigenvalue weighted by Gasteiger charge is 2.26. The lowest BCUT2D eigenvalue weighted by Gasteiger charge is -2.24. The lowest BCUT2D eigenvalue weighted by Crippen LogP contribution is -2.50. The summed E-state index contributed by atoms with van der Waals surface area (Å²) in [6, 6.07) is 0.274. The van der Waals surface area contributed by atoms with E-state index in [0.29, 0.717) is 12.0 Å². The number of nitrogens with one attached hydrogen (secondary N) is 2. The zero-order chi connectivity index (χ0) is 12.8. The van der Waals surface area contributed by atoms with Gasteiger partial charge in [0.15, 0.2) is 0 Å². The maximum atomic E-state index is 12.1. The number of rotatable bonds is 8. The van der Waals surface area contributed by atoms with E-state index in [1.165, 1.54) is 12.8 Å². The van der Waals surface area contributed by atoms with Crippen LogP contribution in [0.2, 0.25) is 0 Å². The van der Waals surface area contributed by atoms with Crippen molar-refractivity contribution >= 4 is 5.91 Å². The van der Waals surface area contributed by atoms with Gasteiger partial charge in [-0.25, -0.2) is 0 Å². The lowest BCUT2D eigenvalue weighted by molar-refractivity contribution is -0.124. The standard InChI is InChI=1S/C14H28N2O/c1-5-8-15-13(10(2)3)14(17)16-11(4)9-12-6-7-12/h10-13,15H,5-9H2,1-4H3,(H,16,17). The van der Waals surface area contributed by atoms with Crippen LogP contribution in [0.5, 0.6) is 0 Å². The molecule has 3 heteroatoms. The molecule has 1 aliphatic carbocycles. The maximum Gasteiger partial charge on any atom is 0.237 e. The maximum absolute atomic E-state index is 12.1. The smallest absolute Gasteiger partial charge is 0.237 e. The minimum atomic E-state index is -0.0448. The van der Waals surface area contributed by atoms with Gasteiger partial charge in [0.2, 0.25) is 5.91 Å². The van der Waals surface area contributed by atoms with Crippen LogP contribution in [0.1, 0.15) is 53.4 Å². The van der Waals surface area contributed by atoms with E-state index >= 15 is 0 Å². The summed E-state index contributed by atoms with van der Waals surface area (Å²) in [6.07, 6.45) is 4.91. The third-order valence-corrected chi connectivity index (χ3v) is 3.34. The van der Waals surface area contributed by atoms with Crippen molar-refractivity contribution in [1.29, 1.82) is 0 Å². The Kier molecular flexibility index (Phi) is 5.96. The molecule has 2 unspecified atom stereocenters. The van der Waals surface area contributed by atoms with Gasteiger partial charge in [0.1, 0.15) is 0 Å². The largest absolute Gasteiger partial charge is 0.352 e. The van der Waals surface area contributed by atoms with E-state index in [-0.39, 0.29) is 11.9 Å². The topological polar surface area (TPSA) is 41.1 Å². The molecule has 1 fully saturated rings. The fourth-order valence-electron chi connectivity index (χ4n) is 2.18. The number of amides is 1. The van der Waals surface area contributed by atoms with Crippen LogP contribution in [-0.4, -0.2) is 24.5 Å². The third kappa shape index (κ3) is 5.53. The van der Waals surface area contributed by atoms with Crippen LogP contribution in [-0.2, 0) is 4.79 Å². The molecule has 0 heterocycles. The van der Waals surface area contributed by atoms with Gasteiger partial charge < -0.3 is 10.6 Å². The van der Waals surface area contributed by atoms with Crippen LogP contribution in [0.4, 0.5) is 0 Å². The van der Waals surface area contributed by atoms with Crippen LogP contribution < -0.4 is 10.6 Å². The van der Waals surface area contributed by atoms with Gasteiger partial charge in [-0.1, -0.05) is 33.6 Å². The van der Waals surface area contributed by atoms with Crippen LogP contribution in [0.15, 0.2) is 0 Å². The molecule has 0 radical (unpaired) electrons. The van der Waals surface area contributed by atoms with Crippen molar-refractivity contribution in [3.05, 3.63) is 0 Å². The highest BCUT2D eigenvalue weighted by atomic mass is 16.2. The summed E-state index contributed by atoms with van der Waals surface area (Å²) < 4.78 is 0. The molecule has 1 aliphatic rings. The van der Waals surface area contributed by atoms with E-state index in [9.17, 15) is 4.79 Å². The van der Waals surface area contributed by atoms with Gasteiger partial charge in [0.25, 0.3) is 0 Å². The van der Waals surface area contributed by atoms with Gasteiger partial charge in [-0.15, -0.1) is 0 Å². The Morgan fingerprint density at radius 1 is 1.29 bits per heavy atom. The van der Waals surface area contributed by atoms with Crippen molar-refractivity contribution in [3.8, 4) is 0 Å². The molecule has 17 heavy (non-hydrogen) atoms. The minimum Gasteiger partial charge on any atom is -0.352 e. The van der Waals surface area contributed by atoms with E-state index in [1.807, 2.05) is 0 Å². The fraction of sp³-hybridized carbons (Fsp3) is 0.929. The third-order valence-electron chi connectivity index (χ3n) is 3.34. The van der Waals surface area contributed by atoms with Crippen molar-refractivity contribution in [2.24, 2.45) is 11.8 Å². The molecule has 1 amide bonds. The summed E-state index contributed by atoms with van der Waals surface area (Å²) >= 11 is 0. The Bertz CT molecular complexity index is 236. The molecule has 0 aliphatic heterocycles. The highest BCUT2D eigenvalue weighted by Crippen LogP contribution is 2.33. The summed E-state index contributed by atoms with van der Waals surface area (Å²) in [7, 11) is 0. The van der Waals surface area contributed by atoms with Gasteiger partial charge in [0.05, 0.1) is 6.04 Å². The first-order valence-electron chi connectivity index (χ1n) is 7.08. The van der Waals surface area contributed by atoms with Gasteiger partial charge in [-0.05, 0) is 38.1 Å². The molecule has 0 aromatic rings. The molecule has 0 saturated heterocycles. The van der Waals surface area contributed by atoms with E-state index in [1.54, 1.807) is 0 Å². The van der Waals surface area contributed by atoms with Crippen molar-refractivity contribution < 1.29 is 4.79 Å². The number of hydrogen-bond acceptors (Lipinski definition) is 2. The zero-order valence-corrected chi connectivity index (χ0v) is 11.8. The minimum absolute atomic E-state index is 0.0448. The molecule has 0 aromatic carbocycles. The van der Waals surface area contributed by atoms with E-state index in [4.69, 9.17) is 0 Å². The van der Waals surface area contributed by atoms with Gasteiger partial charge in [-0.3, -0.25) is 4.79 Å².